The second kappa shape index (κ2) is 8.44. The highest BCUT2D eigenvalue weighted by Crippen LogP contribution is 2.36. The van der Waals surface area contributed by atoms with E-state index in [1.54, 1.807) is 23.1 Å². The summed E-state index contributed by atoms with van der Waals surface area (Å²) in [4.78, 5) is 26.6. The Kier molecular flexibility index (Phi) is 6.01. The number of hydrogen-bond donors (Lipinski definition) is 1. The summed E-state index contributed by atoms with van der Waals surface area (Å²) in [5.74, 6) is 0.372. The Labute approximate surface area is 164 Å². The van der Waals surface area contributed by atoms with Gasteiger partial charge in [-0.1, -0.05) is 41.9 Å². The molecule has 0 bridgehead atoms. The zero-order chi connectivity index (χ0) is 19.4. The number of benzene rings is 2. The lowest BCUT2D eigenvalue weighted by Gasteiger charge is -2.33. The van der Waals surface area contributed by atoms with Crippen LogP contribution in [0.4, 0.5) is 5.69 Å². The Morgan fingerprint density at radius 3 is 2.70 bits per heavy atom. The van der Waals surface area contributed by atoms with Crippen LogP contribution in [-0.2, 0) is 9.59 Å². The molecule has 3 rings (SSSR count). The van der Waals surface area contributed by atoms with Crippen molar-refractivity contribution in [3.63, 3.8) is 0 Å². The van der Waals surface area contributed by atoms with E-state index in [-0.39, 0.29) is 36.8 Å². The third kappa shape index (κ3) is 4.80. The fourth-order valence-corrected chi connectivity index (χ4v) is 3.31. The monoisotopic (exact) mass is 386 g/mol. The van der Waals surface area contributed by atoms with E-state index < -0.39 is 0 Å². The number of carbonyl (C=O) groups is 2. The summed E-state index contributed by atoms with van der Waals surface area (Å²) in [7, 11) is 0. The summed E-state index contributed by atoms with van der Waals surface area (Å²) in [5.41, 5.74) is 1.69. The van der Waals surface area contributed by atoms with Gasteiger partial charge < -0.3 is 15.0 Å². The minimum Gasteiger partial charge on any atom is -0.487 e. The lowest BCUT2D eigenvalue weighted by Crippen LogP contribution is -2.42. The first-order valence-electron chi connectivity index (χ1n) is 9.05. The molecule has 27 heavy (non-hydrogen) atoms. The average molecular weight is 387 g/mol. The number of nitrogens with zero attached hydrogens (tertiary/aromatic N) is 1. The van der Waals surface area contributed by atoms with Gasteiger partial charge in [0.2, 0.25) is 11.8 Å². The number of amides is 2. The molecule has 0 aliphatic carbocycles. The quantitative estimate of drug-likeness (QED) is 0.841. The molecule has 2 amide bonds. The molecule has 1 aliphatic rings. The summed E-state index contributed by atoms with van der Waals surface area (Å²) < 4.78 is 5.76. The van der Waals surface area contributed by atoms with Gasteiger partial charge in [0.1, 0.15) is 11.9 Å². The molecule has 6 heteroatoms. The molecule has 0 unspecified atom stereocenters. The van der Waals surface area contributed by atoms with Gasteiger partial charge in [0, 0.05) is 17.9 Å². The number of carbonyl (C=O) groups excluding carboxylic acids is 2. The predicted molar refractivity (Wildman–Crippen MR) is 106 cm³/mol. The third-order valence-corrected chi connectivity index (χ3v) is 4.76. The number of fused-ring (bicyclic) bond motifs is 1. The third-order valence-electron chi connectivity index (χ3n) is 4.52. The molecule has 0 aromatic heterocycles. The van der Waals surface area contributed by atoms with Crippen molar-refractivity contribution >= 4 is 29.1 Å². The zero-order valence-electron chi connectivity index (χ0n) is 15.4. The normalized spacial score (nSPS) is 16.9. The van der Waals surface area contributed by atoms with Crippen LogP contribution in [0.25, 0.3) is 0 Å². The summed E-state index contributed by atoms with van der Waals surface area (Å²) in [6, 6.07) is 14.9. The van der Waals surface area contributed by atoms with E-state index in [1.165, 1.54) is 0 Å². The predicted octanol–water partition coefficient (Wildman–Crippen LogP) is 4.11. The van der Waals surface area contributed by atoms with Crippen LogP contribution in [0.5, 0.6) is 5.75 Å². The van der Waals surface area contributed by atoms with Gasteiger partial charge in [-0.15, -0.1) is 0 Å². The fraction of sp³-hybridized carbons (Fsp3) is 0.333. The van der Waals surface area contributed by atoms with Crippen LogP contribution < -0.4 is 15.0 Å². The number of anilines is 1. The first-order valence-corrected chi connectivity index (χ1v) is 9.42. The molecular formula is C21H23ClN2O3. The van der Waals surface area contributed by atoms with Crippen molar-refractivity contribution in [3.05, 3.63) is 59.1 Å². The van der Waals surface area contributed by atoms with Crippen LogP contribution in [-0.4, -0.2) is 24.5 Å². The zero-order valence-corrected chi connectivity index (χ0v) is 16.2. The minimum absolute atomic E-state index is 0.100. The highest BCUT2D eigenvalue weighted by Gasteiger charge is 2.28. The van der Waals surface area contributed by atoms with Crippen molar-refractivity contribution in [3.8, 4) is 5.75 Å². The number of rotatable bonds is 5. The summed E-state index contributed by atoms with van der Waals surface area (Å²) in [6.07, 6.45) is 0.151. The maximum absolute atomic E-state index is 12.7. The second-order valence-corrected chi connectivity index (χ2v) is 7.18. The van der Waals surface area contributed by atoms with Gasteiger partial charge in [-0.3, -0.25) is 9.59 Å². The smallest absolute Gasteiger partial charge is 0.227 e. The van der Waals surface area contributed by atoms with Crippen LogP contribution >= 0.6 is 11.6 Å². The molecule has 1 aliphatic heterocycles. The molecule has 0 radical (unpaired) electrons. The topological polar surface area (TPSA) is 58.6 Å². The molecule has 142 valence electrons. The summed E-state index contributed by atoms with van der Waals surface area (Å²) in [6.45, 7) is 4.28. The van der Waals surface area contributed by atoms with E-state index in [1.807, 2.05) is 44.2 Å². The fourth-order valence-electron chi connectivity index (χ4n) is 3.14. The van der Waals surface area contributed by atoms with Gasteiger partial charge >= 0.3 is 0 Å². The Balaban J connectivity index is 1.59. The van der Waals surface area contributed by atoms with Crippen molar-refractivity contribution < 1.29 is 14.3 Å². The molecule has 0 fully saturated rings. The van der Waals surface area contributed by atoms with Crippen molar-refractivity contribution in [1.29, 1.82) is 0 Å². The van der Waals surface area contributed by atoms with E-state index in [2.05, 4.69) is 5.32 Å². The Morgan fingerprint density at radius 1 is 1.22 bits per heavy atom. The molecule has 0 saturated carbocycles. The standard InChI is InChI=1S/C21H23ClN2O3/c1-14-13-24(18-12-17(22)8-9-19(18)27-14)21(26)11-10-20(25)23-15(2)16-6-4-3-5-7-16/h3-9,12,14-15H,10-11,13H2,1-2H3,(H,23,25)/t14-,15+/m0/s1. The maximum atomic E-state index is 12.7. The van der Waals surface area contributed by atoms with E-state index in [9.17, 15) is 9.59 Å². The molecule has 1 heterocycles. The molecular weight excluding hydrogens is 364 g/mol. The summed E-state index contributed by atoms with van der Waals surface area (Å²) in [5, 5.41) is 3.48. The molecule has 5 nitrogen and oxygen atoms in total. The van der Waals surface area contributed by atoms with Gasteiger partial charge in [0.25, 0.3) is 0 Å². The van der Waals surface area contributed by atoms with E-state index >= 15 is 0 Å². The Bertz CT molecular complexity index is 825. The van der Waals surface area contributed by atoms with Crippen LogP contribution in [0, 0.1) is 0 Å². The molecule has 2 aromatic carbocycles. The number of nitrogens with one attached hydrogen (secondary N) is 1. The first-order chi connectivity index (χ1) is 12.9. The maximum Gasteiger partial charge on any atom is 0.227 e. The van der Waals surface area contributed by atoms with E-state index in [4.69, 9.17) is 16.3 Å². The number of halogens is 1. The Hall–Kier alpha value is -2.53. The summed E-state index contributed by atoms with van der Waals surface area (Å²) >= 11 is 6.07. The lowest BCUT2D eigenvalue weighted by atomic mass is 10.1. The van der Waals surface area contributed by atoms with Gasteiger partial charge in [-0.2, -0.15) is 0 Å². The van der Waals surface area contributed by atoms with Crippen LogP contribution in [0.1, 0.15) is 38.3 Å². The van der Waals surface area contributed by atoms with Crippen molar-refractivity contribution in [2.45, 2.75) is 38.8 Å². The first kappa shape index (κ1) is 19.2. The average Bonchev–Trinajstić information content (AvgIpc) is 2.66. The molecule has 1 N–H and O–H groups in total. The molecule has 2 atom stereocenters. The van der Waals surface area contributed by atoms with Gasteiger partial charge in [-0.05, 0) is 37.6 Å². The Morgan fingerprint density at radius 2 is 1.96 bits per heavy atom. The molecule has 0 spiro atoms. The van der Waals surface area contributed by atoms with Gasteiger partial charge in [0.05, 0.1) is 18.3 Å². The number of hydrogen-bond acceptors (Lipinski definition) is 3. The van der Waals surface area contributed by atoms with Crippen LogP contribution in [0.15, 0.2) is 48.5 Å². The number of ether oxygens (including phenoxy) is 1. The highest BCUT2D eigenvalue weighted by molar-refractivity contribution is 6.31. The molecule has 2 aromatic rings. The lowest BCUT2D eigenvalue weighted by molar-refractivity contribution is -0.125. The SMILES string of the molecule is C[C@H]1CN(C(=O)CCC(=O)N[C@H](C)c2ccccc2)c2cc(Cl)ccc2O1. The highest BCUT2D eigenvalue weighted by atomic mass is 35.5. The second-order valence-electron chi connectivity index (χ2n) is 6.74. The largest absolute Gasteiger partial charge is 0.487 e. The molecule has 0 saturated heterocycles. The minimum atomic E-state index is -0.146. The van der Waals surface area contributed by atoms with E-state index in [0.29, 0.717) is 23.0 Å². The van der Waals surface area contributed by atoms with Crippen molar-refractivity contribution in [1.82, 2.24) is 5.32 Å². The van der Waals surface area contributed by atoms with Crippen molar-refractivity contribution in [2.24, 2.45) is 0 Å². The van der Waals surface area contributed by atoms with Gasteiger partial charge in [0.15, 0.2) is 0 Å². The van der Waals surface area contributed by atoms with Crippen molar-refractivity contribution in [2.75, 3.05) is 11.4 Å². The van der Waals surface area contributed by atoms with E-state index in [0.717, 1.165) is 5.56 Å². The van der Waals surface area contributed by atoms with Gasteiger partial charge in [-0.25, -0.2) is 0 Å². The van der Waals surface area contributed by atoms with Crippen LogP contribution in [0.2, 0.25) is 5.02 Å². The van der Waals surface area contributed by atoms with Crippen LogP contribution in [0.3, 0.4) is 0 Å².